The van der Waals surface area contributed by atoms with Crippen molar-refractivity contribution < 1.29 is 14.2 Å². The fourth-order valence-corrected chi connectivity index (χ4v) is 2.78. The molecule has 10 nitrogen and oxygen atoms in total. The van der Waals surface area contributed by atoms with E-state index in [1.165, 1.54) is 34.5 Å². The zero-order chi connectivity index (χ0) is 21.8. The molecule has 11 heteroatoms. The average Bonchev–Trinajstić information content (AvgIpc) is 3.05. The lowest BCUT2D eigenvalue weighted by Crippen LogP contribution is -2.30. The summed E-state index contributed by atoms with van der Waals surface area (Å²) in [6.07, 6.45) is 0.453. The highest BCUT2D eigenvalue weighted by Crippen LogP contribution is 2.16. The van der Waals surface area contributed by atoms with E-state index in [1.54, 1.807) is 12.1 Å². The molecular formula is C19H23FN6O4. The van der Waals surface area contributed by atoms with Gasteiger partial charge in [-0.1, -0.05) is 12.1 Å². The minimum atomic E-state index is -0.928. The van der Waals surface area contributed by atoms with Crippen molar-refractivity contribution in [2.24, 2.45) is 12.1 Å². The molecule has 1 atom stereocenters. The first-order chi connectivity index (χ1) is 14.3. The van der Waals surface area contributed by atoms with Crippen LogP contribution in [0.4, 0.5) is 10.3 Å². The van der Waals surface area contributed by atoms with Crippen LogP contribution in [-0.2, 0) is 18.3 Å². The van der Waals surface area contributed by atoms with Crippen molar-refractivity contribution in [3.05, 3.63) is 56.5 Å². The van der Waals surface area contributed by atoms with E-state index in [4.69, 9.17) is 4.74 Å². The molecule has 0 aliphatic rings. The van der Waals surface area contributed by atoms with Crippen molar-refractivity contribution in [2.45, 2.75) is 32.6 Å². The Morgan fingerprint density at radius 1 is 1.33 bits per heavy atom. The summed E-state index contributed by atoms with van der Waals surface area (Å²) < 4.78 is 21.1. The third-order valence-electron chi connectivity index (χ3n) is 4.27. The number of aryl methyl sites for hydroxylation is 1. The highest BCUT2D eigenvalue weighted by Gasteiger charge is 2.19. The second-order valence-electron chi connectivity index (χ2n) is 6.99. The van der Waals surface area contributed by atoms with E-state index in [9.17, 15) is 19.1 Å². The maximum atomic E-state index is 13.0. The molecule has 30 heavy (non-hydrogen) atoms. The van der Waals surface area contributed by atoms with E-state index >= 15 is 0 Å². The van der Waals surface area contributed by atoms with E-state index in [0.717, 1.165) is 0 Å². The third-order valence-corrected chi connectivity index (χ3v) is 4.27. The Morgan fingerprint density at radius 2 is 2.03 bits per heavy atom. The second-order valence-corrected chi connectivity index (χ2v) is 6.99. The van der Waals surface area contributed by atoms with Gasteiger partial charge in [-0.05, 0) is 31.5 Å². The summed E-state index contributed by atoms with van der Waals surface area (Å²) in [6, 6.07) is 5.70. The molecule has 160 valence electrons. The Balaban J connectivity index is 1.96. The number of aliphatic hydroxyl groups is 1. The summed E-state index contributed by atoms with van der Waals surface area (Å²) in [5.41, 5.74) is 2.37. The van der Waals surface area contributed by atoms with Crippen molar-refractivity contribution in [3.8, 4) is 0 Å². The Hall–Kier alpha value is -3.31. The fourth-order valence-electron chi connectivity index (χ4n) is 2.78. The highest BCUT2D eigenvalue weighted by molar-refractivity contribution is 5.80. The van der Waals surface area contributed by atoms with E-state index in [-0.39, 0.29) is 42.2 Å². The van der Waals surface area contributed by atoms with Gasteiger partial charge in [0.1, 0.15) is 5.82 Å². The Morgan fingerprint density at radius 3 is 2.70 bits per heavy atom. The van der Waals surface area contributed by atoms with Gasteiger partial charge in [0, 0.05) is 7.05 Å². The van der Waals surface area contributed by atoms with Gasteiger partial charge in [-0.15, -0.1) is 0 Å². The number of imidazole rings is 1. The first-order valence-electron chi connectivity index (χ1n) is 9.30. The standard InChI is InChI=1S/C19H23FN6O4/c1-11(2)30-10-14(27)9-26-15-16(25(3)19(29)23-17(15)28)22-18(26)24-21-8-12-4-6-13(20)7-5-12/h4-8,11,14,27H,9-10H2,1-3H3,(H,22,24)(H,23,28,29). The number of ether oxygens (including phenoxy) is 1. The molecule has 0 fully saturated rings. The minimum absolute atomic E-state index is 0.0150. The zero-order valence-electron chi connectivity index (χ0n) is 16.8. The molecule has 0 bridgehead atoms. The Kier molecular flexibility index (Phi) is 6.43. The molecule has 0 saturated heterocycles. The molecule has 3 N–H and O–H groups in total. The van der Waals surface area contributed by atoms with Gasteiger partial charge < -0.3 is 14.4 Å². The van der Waals surface area contributed by atoms with Crippen LogP contribution in [0.25, 0.3) is 11.2 Å². The second kappa shape index (κ2) is 9.01. The topological polar surface area (TPSA) is 127 Å². The lowest BCUT2D eigenvalue weighted by Gasteiger charge is -2.15. The summed E-state index contributed by atoms with van der Waals surface area (Å²) in [7, 11) is 1.47. The first kappa shape index (κ1) is 21.4. The lowest BCUT2D eigenvalue weighted by molar-refractivity contribution is -0.000105. The number of aromatic amines is 1. The summed E-state index contributed by atoms with van der Waals surface area (Å²) in [4.78, 5) is 30.8. The van der Waals surface area contributed by atoms with Crippen LogP contribution in [-0.4, -0.2) is 49.2 Å². The van der Waals surface area contributed by atoms with Crippen LogP contribution in [0.3, 0.4) is 0 Å². The normalized spacial score (nSPS) is 12.9. The summed E-state index contributed by atoms with van der Waals surface area (Å²) >= 11 is 0. The average molecular weight is 418 g/mol. The molecule has 2 aromatic heterocycles. The maximum absolute atomic E-state index is 13.0. The van der Waals surface area contributed by atoms with Crippen LogP contribution in [0.1, 0.15) is 19.4 Å². The number of aromatic nitrogens is 4. The molecule has 0 spiro atoms. The van der Waals surface area contributed by atoms with Gasteiger partial charge in [-0.2, -0.15) is 10.1 Å². The van der Waals surface area contributed by atoms with E-state index in [0.29, 0.717) is 5.56 Å². The van der Waals surface area contributed by atoms with Gasteiger partial charge in [-0.25, -0.2) is 14.6 Å². The Bertz CT molecular complexity index is 1160. The highest BCUT2D eigenvalue weighted by atomic mass is 19.1. The van der Waals surface area contributed by atoms with Crippen molar-refractivity contribution in [1.29, 1.82) is 0 Å². The van der Waals surface area contributed by atoms with Crippen LogP contribution >= 0.6 is 0 Å². The zero-order valence-corrected chi connectivity index (χ0v) is 16.8. The molecule has 0 aliphatic heterocycles. The van der Waals surface area contributed by atoms with Crippen molar-refractivity contribution in [1.82, 2.24) is 19.1 Å². The van der Waals surface area contributed by atoms with Gasteiger partial charge in [0.2, 0.25) is 5.95 Å². The van der Waals surface area contributed by atoms with Crippen molar-refractivity contribution >= 4 is 23.3 Å². The van der Waals surface area contributed by atoms with Gasteiger partial charge in [-0.3, -0.25) is 14.3 Å². The lowest BCUT2D eigenvalue weighted by atomic mass is 10.2. The van der Waals surface area contributed by atoms with Gasteiger partial charge >= 0.3 is 5.69 Å². The largest absolute Gasteiger partial charge is 0.389 e. The molecular weight excluding hydrogens is 395 g/mol. The smallest absolute Gasteiger partial charge is 0.329 e. The number of benzene rings is 1. The number of H-pyrrole nitrogens is 1. The van der Waals surface area contributed by atoms with Gasteiger partial charge in [0.25, 0.3) is 5.56 Å². The van der Waals surface area contributed by atoms with E-state index < -0.39 is 17.4 Å². The van der Waals surface area contributed by atoms with Crippen LogP contribution < -0.4 is 16.7 Å². The van der Waals surface area contributed by atoms with Crippen LogP contribution in [0.15, 0.2) is 39.0 Å². The van der Waals surface area contributed by atoms with Crippen LogP contribution in [0.5, 0.6) is 0 Å². The number of aliphatic hydroxyl groups excluding tert-OH is 1. The molecule has 1 aromatic carbocycles. The third kappa shape index (κ3) is 4.81. The Labute approximate surface area is 170 Å². The van der Waals surface area contributed by atoms with Crippen molar-refractivity contribution in [2.75, 3.05) is 12.0 Å². The molecule has 3 rings (SSSR count). The molecule has 0 amide bonds. The number of hydrogen-bond acceptors (Lipinski definition) is 7. The summed E-state index contributed by atoms with van der Waals surface area (Å²) in [5.74, 6) is -0.210. The fraction of sp³-hybridized carbons (Fsp3) is 0.368. The quantitative estimate of drug-likeness (QED) is 0.367. The number of rotatable bonds is 8. The number of hydrazone groups is 1. The number of nitrogens with zero attached hydrogens (tertiary/aromatic N) is 4. The first-order valence-corrected chi connectivity index (χ1v) is 9.30. The number of fused-ring (bicyclic) bond motifs is 1. The molecule has 2 heterocycles. The SMILES string of the molecule is CC(C)OCC(O)Cn1c(NN=Cc2ccc(F)cc2)nc2c1c(=O)[nH]c(=O)n2C. The van der Waals surface area contributed by atoms with Gasteiger partial charge in [0.15, 0.2) is 11.2 Å². The summed E-state index contributed by atoms with van der Waals surface area (Å²) in [6.45, 7) is 3.73. The number of anilines is 1. The number of nitrogens with one attached hydrogen (secondary N) is 2. The predicted octanol–water partition coefficient (Wildman–Crippen LogP) is 0.794. The molecule has 3 aromatic rings. The molecule has 1 unspecified atom stereocenters. The number of hydrogen-bond donors (Lipinski definition) is 3. The summed E-state index contributed by atoms with van der Waals surface area (Å²) in [5, 5.41) is 14.4. The number of halogens is 1. The van der Waals surface area contributed by atoms with Crippen LogP contribution in [0, 0.1) is 5.82 Å². The molecule has 0 aliphatic carbocycles. The molecule has 0 saturated carbocycles. The monoisotopic (exact) mass is 418 g/mol. The van der Waals surface area contributed by atoms with Crippen molar-refractivity contribution in [3.63, 3.8) is 0 Å². The maximum Gasteiger partial charge on any atom is 0.329 e. The van der Waals surface area contributed by atoms with Crippen LogP contribution in [0.2, 0.25) is 0 Å². The minimum Gasteiger partial charge on any atom is -0.389 e. The molecule has 0 radical (unpaired) electrons. The van der Waals surface area contributed by atoms with E-state index in [2.05, 4.69) is 20.5 Å². The predicted molar refractivity (Wildman–Crippen MR) is 110 cm³/mol. The van der Waals surface area contributed by atoms with E-state index in [1.807, 2.05) is 13.8 Å². The van der Waals surface area contributed by atoms with Gasteiger partial charge in [0.05, 0.1) is 31.6 Å².